The molecule has 0 aliphatic heterocycles. The largest absolute Gasteiger partial charge is 0.314 e. The third-order valence-electron chi connectivity index (χ3n) is 1.61. The van der Waals surface area contributed by atoms with Crippen LogP contribution in [0.3, 0.4) is 0 Å². The minimum absolute atomic E-state index is 0.760. The minimum atomic E-state index is 0.760. The van der Waals surface area contributed by atoms with Gasteiger partial charge in [-0.25, -0.2) is 0 Å². The molecule has 0 amide bonds. The van der Waals surface area contributed by atoms with E-state index in [2.05, 4.69) is 10.4 Å². The van der Waals surface area contributed by atoms with E-state index in [4.69, 9.17) is 11.6 Å². The van der Waals surface area contributed by atoms with E-state index in [9.17, 15) is 0 Å². The molecule has 0 bridgehead atoms. The van der Waals surface area contributed by atoms with Gasteiger partial charge in [0.05, 0.1) is 16.4 Å². The predicted octanol–water partition coefficient (Wildman–Crippen LogP) is 1.10. The van der Waals surface area contributed by atoms with Crippen molar-refractivity contribution in [3.63, 3.8) is 0 Å². The van der Waals surface area contributed by atoms with E-state index in [1.165, 1.54) is 0 Å². The Kier molecular flexibility index (Phi) is 2.52. The highest BCUT2D eigenvalue weighted by atomic mass is 35.5. The molecule has 4 heteroatoms. The highest BCUT2D eigenvalue weighted by Gasteiger charge is 2.08. The molecule has 0 saturated heterocycles. The summed E-state index contributed by atoms with van der Waals surface area (Å²) in [5, 5.41) is 7.97. The maximum Gasteiger partial charge on any atom is 0.0860 e. The molecule has 0 unspecified atom stereocenters. The number of aryl methyl sites for hydroxylation is 2. The lowest BCUT2D eigenvalue weighted by Crippen LogP contribution is -2.09. The second kappa shape index (κ2) is 3.24. The van der Waals surface area contributed by atoms with E-state index >= 15 is 0 Å². The summed E-state index contributed by atoms with van der Waals surface area (Å²) in [6.07, 6.45) is 0. The number of hydrogen-bond donors (Lipinski definition) is 1. The number of halogens is 1. The summed E-state index contributed by atoms with van der Waals surface area (Å²) in [4.78, 5) is 0. The van der Waals surface area contributed by atoms with Crippen molar-refractivity contribution in [1.29, 1.82) is 0 Å². The van der Waals surface area contributed by atoms with Crippen LogP contribution in [0, 0.1) is 6.92 Å². The van der Waals surface area contributed by atoms with Gasteiger partial charge in [-0.3, -0.25) is 4.68 Å². The van der Waals surface area contributed by atoms with E-state index in [0.717, 1.165) is 23.0 Å². The Bertz CT molecular complexity index is 254. The molecule has 62 valence electrons. The summed E-state index contributed by atoms with van der Waals surface area (Å²) in [6.45, 7) is 2.66. The first-order valence-electron chi connectivity index (χ1n) is 3.49. The first-order valence-corrected chi connectivity index (χ1v) is 3.87. The summed E-state index contributed by atoms with van der Waals surface area (Å²) in [5.74, 6) is 0. The molecule has 0 fully saturated rings. The fourth-order valence-electron chi connectivity index (χ4n) is 1.04. The molecule has 0 aromatic carbocycles. The van der Waals surface area contributed by atoms with Gasteiger partial charge in [0, 0.05) is 13.6 Å². The van der Waals surface area contributed by atoms with Crippen molar-refractivity contribution in [1.82, 2.24) is 15.1 Å². The predicted molar refractivity (Wildman–Crippen MR) is 45.7 cm³/mol. The zero-order valence-corrected chi connectivity index (χ0v) is 7.74. The number of nitrogens with one attached hydrogen (secondary N) is 1. The molecule has 0 atom stereocenters. The average molecular weight is 174 g/mol. The lowest BCUT2D eigenvalue weighted by molar-refractivity contribution is 0.669. The van der Waals surface area contributed by atoms with Crippen molar-refractivity contribution in [3.8, 4) is 0 Å². The van der Waals surface area contributed by atoms with Gasteiger partial charge in [-0.1, -0.05) is 11.6 Å². The van der Waals surface area contributed by atoms with Crippen molar-refractivity contribution in [3.05, 3.63) is 16.4 Å². The van der Waals surface area contributed by atoms with E-state index < -0.39 is 0 Å². The summed E-state index contributed by atoms with van der Waals surface area (Å²) < 4.78 is 1.80. The normalized spacial score (nSPS) is 10.5. The van der Waals surface area contributed by atoms with Gasteiger partial charge >= 0.3 is 0 Å². The van der Waals surface area contributed by atoms with Crippen LogP contribution in [-0.4, -0.2) is 16.8 Å². The summed E-state index contributed by atoms with van der Waals surface area (Å²) in [6, 6.07) is 0. The highest BCUT2D eigenvalue weighted by molar-refractivity contribution is 6.31. The van der Waals surface area contributed by atoms with Gasteiger partial charge in [-0.05, 0) is 14.0 Å². The second-order valence-electron chi connectivity index (χ2n) is 2.50. The molecule has 1 aromatic heterocycles. The smallest absolute Gasteiger partial charge is 0.0860 e. The van der Waals surface area contributed by atoms with Crippen LogP contribution >= 0.6 is 11.6 Å². The molecular formula is C7H12ClN3. The van der Waals surface area contributed by atoms with Gasteiger partial charge in [0.25, 0.3) is 0 Å². The van der Waals surface area contributed by atoms with Crippen LogP contribution in [0.5, 0.6) is 0 Å². The van der Waals surface area contributed by atoms with Crippen LogP contribution in [-0.2, 0) is 13.6 Å². The molecule has 1 N–H and O–H groups in total. The fraction of sp³-hybridized carbons (Fsp3) is 0.571. The minimum Gasteiger partial charge on any atom is -0.314 e. The maximum atomic E-state index is 5.97. The summed E-state index contributed by atoms with van der Waals surface area (Å²) in [7, 11) is 3.78. The Hall–Kier alpha value is -0.540. The van der Waals surface area contributed by atoms with Crippen molar-refractivity contribution in [2.24, 2.45) is 7.05 Å². The van der Waals surface area contributed by atoms with Gasteiger partial charge < -0.3 is 5.32 Å². The van der Waals surface area contributed by atoms with Crippen LogP contribution in [0.25, 0.3) is 0 Å². The molecule has 0 aliphatic rings. The third-order valence-corrected chi connectivity index (χ3v) is 2.10. The number of rotatable bonds is 2. The quantitative estimate of drug-likeness (QED) is 0.726. The van der Waals surface area contributed by atoms with Gasteiger partial charge in [-0.15, -0.1) is 0 Å². The Balaban J connectivity index is 3.02. The fourth-order valence-corrected chi connectivity index (χ4v) is 1.27. The highest BCUT2D eigenvalue weighted by Crippen LogP contribution is 2.18. The Morgan fingerprint density at radius 1 is 1.64 bits per heavy atom. The molecule has 3 nitrogen and oxygen atoms in total. The molecule has 0 radical (unpaired) electrons. The first-order chi connectivity index (χ1) is 5.16. The molecule has 1 heterocycles. The van der Waals surface area contributed by atoms with E-state index in [1.54, 1.807) is 4.68 Å². The lowest BCUT2D eigenvalue weighted by Gasteiger charge is -1.99. The van der Waals surface area contributed by atoms with Crippen LogP contribution < -0.4 is 5.32 Å². The molecule has 1 rings (SSSR count). The second-order valence-corrected chi connectivity index (χ2v) is 2.88. The van der Waals surface area contributed by atoms with Crippen molar-refractivity contribution in [2.45, 2.75) is 13.5 Å². The van der Waals surface area contributed by atoms with E-state index in [1.807, 2.05) is 21.0 Å². The molecule has 11 heavy (non-hydrogen) atoms. The summed E-state index contributed by atoms with van der Waals surface area (Å²) >= 11 is 5.97. The summed E-state index contributed by atoms with van der Waals surface area (Å²) in [5.41, 5.74) is 1.92. The van der Waals surface area contributed by atoms with Gasteiger partial charge in [0.15, 0.2) is 0 Å². The van der Waals surface area contributed by atoms with Gasteiger partial charge in [0.2, 0.25) is 0 Å². The lowest BCUT2D eigenvalue weighted by atomic mass is 10.3. The van der Waals surface area contributed by atoms with Crippen LogP contribution in [0.4, 0.5) is 0 Å². The first kappa shape index (κ1) is 8.56. The zero-order chi connectivity index (χ0) is 8.43. The van der Waals surface area contributed by atoms with Gasteiger partial charge in [0.1, 0.15) is 0 Å². The van der Waals surface area contributed by atoms with Crippen LogP contribution in [0.15, 0.2) is 0 Å². The number of nitrogens with zero attached hydrogens (tertiary/aromatic N) is 2. The van der Waals surface area contributed by atoms with E-state index in [0.29, 0.717) is 0 Å². The SMILES string of the molecule is CNCc1c(Cl)c(C)nn1C. The number of hydrogen-bond acceptors (Lipinski definition) is 2. The van der Waals surface area contributed by atoms with Crippen LogP contribution in [0.1, 0.15) is 11.4 Å². The monoisotopic (exact) mass is 173 g/mol. The average Bonchev–Trinajstić information content (AvgIpc) is 2.17. The topological polar surface area (TPSA) is 29.9 Å². The number of aromatic nitrogens is 2. The molecule has 1 aromatic rings. The van der Waals surface area contributed by atoms with Crippen molar-refractivity contribution >= 4 is 11.6 Å². The Labute approximate surface area is 71.4 Å². The third kappa shape index (κ3) is 1.54. The van der Waals surface area contributed by atoms with E-state index in [-0.39, 0.29) is 0 Å². The van der Waals surface area contributed by atoms with Crippen molar-refractivity contribution in [2.75, 3.05) is 7.05 Å². The maximum absolute atomic E-state index is 5.97. The molecule has 0 spiro atoms. The Morgan fingerprint density at radius 2 is 2.27 bits per heavy atom. The molecule has 0 aliphatic carbocycles. The van der Waals surface area contributed by atoms with Crippen molar-refractivity contribution < 1.29 is 0 Å². The Morgan fingerprint density at radius 3 is 2.64 bits per heavy atom. The molecule has 0 saturated carbocycles. The van der Waals surface area contributed by atoms with Crippen LogP contribution in [0.2, 0.25) is 5.02 Å². The standard InChI is InChI=1S/C7H12ClN3/c1-5-7(8)6(4-9-2)11(3)10-5/h9H,4H2,1-3H3. The van der Waals surface area contributed by atoms with Gasteiger partial charge in [-0.2, -0.15) is 5.10 Å². The molecular weight excluding hydrogens is 162 g/mol. The zero-order valence-electron chi connectivity index (χ0n) is 6.98.